The van der Waals surface area contributed by atoms with E-state index < -0.39 is 0 Å². The van der Waals surface area contributed by atoms with Crippen molar-refractivity contribution < 1.29 is 0 Å². The summed E-state index contributed by atoms with van der Waals surface area (Å²) in [4.78, 5) is 2.50. The first kappa shape index (κ1) is 18.1. The second-order valence-electron chi connectivity index (χ2n) is 8.30. The number of anilines is 1. The van der Waals surface area contributed by atoms with Gasteiger partial charge in [-0.25, -0.2) is 0 Å². The monoisotopic (exact) mass is 365 g/mol. The summed E-state index contributed by atoms with van der Waals surface area (Å²) < 4.78 is 0. The first-order chi connectivity index (χ1) is 13.4. The first-order valence-electron chi connectivity index (χ1n) is 9.67. The number of nitriles is 2. The van der Waals surface area contributed by atoms with Crippen LogP contribution in [0.5, 0.6) is 0 Å². The summed E-state index contributed by atoms with van der Waals surface area (Å²) in [7, 11) is 0. The van der Waals surface area contributed by atoms with E-state index in [9.17, 15) is 5.26 Å². The lowest BCUT2D eigenvalue weighted by Crippen LogP contribution is -2.40. The lowest BCUT2D eigenvalue weighted by Gasteiger charge is -2.44. The highest BCUT2D eigenvalue weighted by molar-refractivity contribution is 5.85. The van der Waals surface area contributed by atoms with Gasteiger partial charge >= 0.3 is 0 Å². The molecule has 4 rings (SSSR count). The maximum Gasteiger partial charge on any atom is 0.0997 e. The van der Waals surface area contributed by atoms with Crippen LogP contribution in [-0.2, 0) is 5.41 Å². The summed E-state index contributed by atoms with van der Waals surface area (Å²) in [5, 5.41) is 18.5. The van der Waals surface area contributed by atoms with E-state index in [1.54, 1.807) is 18.2 Å². The van der Waals surface area contributed by atoms with Crippen LogP contribution in [0.15, 0.2) is 36.9 Å². The molecule has 0 bridgehead atoms. The van der Waals surface area contributed by atoms with Gasteiger partial charge in [0.2, 0.25) is 0 Å². The van der Waals surface area contributed by atoms with Gasteiger partial charge in [0.15, 0.2) is 0 Å². The Labute approximate surface area is 166 Å². The van der Waals surface area contributed by atoms with E-state index in [2.05, 4.69) is 49.6 Å². The molecule has 0 fully saturated rings. The van der Waals surface area contributed by atoms with Crippen molar-refractivity contribution in [2.24, 2.45) is 0 Å². The molecule has 0 radical (unpaired) electrons. The second kappa shape index (κ2) is 6.70. The zero-order valence-electron chi connectivity index (χ0n) is 16.4. The van der Waals surface area contributed by atoms with Crippen molar-refractivity contribution in [2.75, 3.05) is 18.0 Å². The Morgan fingerprint density at radius 1 is 1.07 bits per heavy atom. The molecule has 0 atom stereocenters. The molecule has 2 heterocycles. The van der Waals surface area contributed by atoms with Crippen molar-refractivity contribution in [1.82, 2.24) is 0 Å². The fraction of sp³-hybridized carbons (Fsp3) is 0.280. The smallest absolute Gasteiger partial charge is 0.0997 e. The summed E-state index contributed by atoms with van der Waals surface area (Å²) in [6.45, 7) is 11.1. The van der Waals surface area contributed by atoms with E-state index in [-0.39, 0.29) is 5.41 Å². The Morgan fingerprint density at radius 2 is 1.89 bits per heavy atom. The highest BCUT2D eigenvalue weighted by atomic mass is 15.1. The zero-order valence-corrected chi connectivity index (χ0v) is 16.4. The molecule has 2 aromatic rings. The third-order valence-corrected chi connectivity index (χ3v) is 6.01. The minimum Gasteiger partial charge on any atom is -0.370 e. The molecule has 0 amide bonds. The van der Waals surface area contributed by atoms with Gasteiger partial charge in [0.25, 0.3) is 0 Å². The van der Waals surface area contributed by atoms with Gasteiger partial charge in [-0.05, 0) is 70.9 Å². The van der Waals surface area contributed by atoms with Crippen LogP contribution in [0.2, 0.25) is 0 Å². The lowest BCUT2D eigenvalue weighted by molar-refractivity contribution is 0.452. The van der Waals surface area contributed by atoms with Crippen LogP contribution in [0.4, 0.5) is 5.69 Å². The van der Waals surface area contributed by atoms with Crippen molar-refractivity contribution in [1.29, 1.82) is 10.5 Å². The Balaban J connectivity index is 1.82. The van der Waals surface area contributed by atoms with Crippen LogP contribution in [-0.4, -0.2) is 13.1 Å². The summed E-state index contributed by atoms with van der Waals surface area (Å²) in [6.07, 6.45) is 6.13. The zero-order chi connectivity index (χ0) is 19.9. The molecule has 0 aromatic heterocycles. The van der Waals surface area contributed by atoms with Crippen molar-refractivity contribution in [3.63, 3.8) is 0 Å². The van der Waals surface area contributed by atoms with Gasteiger partial charge in [0.05, 0.1) is 23.3 Å². The van der Waals surface area contributed by atoms with E-state index in [4.69, 9.17) is 5.26 Å². The third-order valence-electron chi connectivity index (χ3n) is 6.01. The molecular weight excluding hydrogens is 342 g/mol. The predicted molar refractivity (Wildman–Crippen MR) is 115 cm³/mol. The molecule has 3 heteroatoms. The molecule has 138 valence electrons. The summed E-state index contributed by atoms with van der Waals surface area (Å²) in [5.41, 5.74) is 8.32. The fourth-order valence-corrected chi connectivity index (χ4v) is 4.23. The van der Waals surface area contributed by atoms with Crippen LogP contribution in [0.1, 0.15) is 60.1 Å². The molecule has 0 spiro atoms. The predicted octanol–water partition coefficient (Wildman–Crippen LogP) is 5.50. The minimum absolute atomic E-state index is 0.126. The molecule has 2 aromatic carbocycles. The molecule has 0 saturated carbocycles. The van der Waals surface area contributed by atoms with Crippen LogP contribution < -0.4 is 4.90 Å². The number of hydrogen-bond donors (Lipinski definition) is 0. The molecule has 2 aliphatic rings. The molecule has 0 N–H and O–H groups in total. The SMILES string of the molecule is C=C1CCN2CCC(C)(C)c3cc(C=Cc4cc(C#N)ccc4C#N)cc1c32. The Bertz CT molecular complexity index is 1090. The first-order valence-corrected chi connectivity index (χ1v) is 9.67. The van der Waals surface area contributed by atoms with Gasteiger partial charge in [-0.3, -0.25) is 0 Å². The van der Waals surface area contributed by atoms with E-state index in [1.165, 1.54) is 22.4 Å². The quantitative estimate of drug-likeness (QED) is 0.660. The van der Waals surface area contributed by atoms with Gasteiger partial charge in [0, 0.05) is 24.3 Å². The van der Waals surface area contributed by atoms with Crippen LogP contribution in [0, 0.1) is 22.7 Å². The van der Waals surface area contributed by atoms with Gasteiger partial charge in [-0.15, -0.1) is 0 Å². The molecule has 2 aliphatic heterocycles. The molecule has 0 saturated heterocycles. The summed E-state index contributed by atoms with van der Waals surface area (Å²) in [6, 6.07) is 14.0. The third kappa shape index (κ3) is 3.00. The van der Waals surface area contributed by atoms with Crippen molar-refractivity contribution >= 4 is 23.4 Å². The minimum atomic E-state index is 0.126. The highest BCUT2D eigenvalue weighted by Crippen LogP contribution is 2.47. The molecular formula is C25H23N3. The maximum atomic E-state index is 9.38. The average molecular weight is 365 g/mol. The van der Waals surface area contributed by atoms with Gasteiger partial charge in [-0.2, -0.15) is 10.5 Å². The van der Waals surface area contributed by atoms with E-state index in [1.807, 2.05) is 12.2 Å². The Hall–Kier alpha value is -3.30. The van der Waals surface area contributed by atoms with Crippen molar-refractivity contribution in [2.45, 2.75) is 32.1 Å². The van der Waals surface area contributed by atoms with Crippen molar-refractivity contribution in [3.05, 3.63) is 70.3 Å². The Kier molecular flexibility index (Phi) is 4.33. The van der Waals surface area contributed by atoms with E-state index in [0.29, 0.717) is 11.1 Å². The largest absolute Gasteiger partial charge is 0.370 e. The van der Waals surface area contributed by atoms with Gasteiger partial charge < -0.3 is 4.90 Å². The average Bonchev–Trinajstić information content (AvgIpc) is 2.70. The van der Waals surface area contributed by atoms with Crippen LogP contribution in [0.25, 0.3) is 17.7 Å². The summed E-state index contributed by atoms with van der Waals surface area (Å²) >= 11 is 0. The molecule has 28 heavy (non-hydrogen) atoms. The molecule has 3 nitrogen and oxygen atoms in total. The van der Waals surface area contributed by atoms with Gasteiger partial charge in [0.1, 0.15) is 0 Å². The number of rotatable bonds is 2. The normalized spacial score (nSPS) is 17.1. The lowest BCUT2D eigenvalue weighted by atomic mass is 9.74. The number of benzene rings is 2. The Morgan fingerprint density at radius 3 is 2.64 bits per heavy atom. The fourth-order valence-electron chi connectivity index (χ4n) is 4.23. The second-order valence-corrected chi connectivity index (χ2v) is 8.30. The summed E-state index contributed by atoms with van der Waals surface area (Å²) in [5.74, 6) is 0. The van der Waals surface area contributed by atoms with Crippen LogP contribution >= 0.6 is 0 Å². The topological polar surface area (TPSA) is 50.8 Å². The molecule has 0 unspecified atom stereocenters. The van der Waals surface area contributed by atoms with Gasteiger partial charge in [-0.1, -0.05) is 32.6 Å². The van der Waals surface area contributed by atoms with Crippen molar-refractivity contribution in [3.8, 4) is 12.1 Å². The van der Waals surface area contributed by atoms with E-state index in [0.717, 1.165) is 37.1 Å². The van der Waals surface area contributed by atoms with Crippen LogP contribution in [0.3, 0.4) is 0 Å². The molecule has 0 aliphatic carbocycles. The number of nitrogens with zero attached hydrogens (tertiary/aromatic N) is 3. The standard InChI is InChI=1S/C25H23N3/c1-17-8-10-28-11-9-25(2,3)23-14-18(13-22(17)24(23)28)4-6-20-12-19(15-26)5-7-21(20)16-27/h4-7,12-14H,1,8-11H2,2-3H3. The maximum absolute atomic E-state index is 9.38. The highest BCUT2D eigenvalue weighted by Gasteiger charge is 2.35. The van der Waals surface area contributed by atoms with E-state index >= 15 is 0 Å². The number of hydrogen-bond acceptors (Lipinski definition) is 3.